The first kappa shape index (κ1) is 26.7. The molecule has 0 amide bonds. The largest absolute Gasteiger partial charge is 0.340 e. The van der Waals surface area contributed by atoms with Crippen LogP contribution in [0.15, 0.2) is 169 Å². The van der Waals surface area contributed by atoms with E-state index in [2.05, 4.69) is 168 Å². The number of amidine groups is 1. The van der Waals surface area contributed by atoms with Gasteiger partial charge in [-0.15, -0.1) is 11.3 Å². The van der Waals surface area contributed by atoms with Crippen LogP contribution in [0.25, 0.3) is 53.7 Å². The molecule has 4 heteroatoms. The summed E-state index contributed by atoms with van der Waals surface area (Å²) in [4.78, 5) is 6.47. The summed E-state index contributed by atoms with van der Waals surface area (Å²) in [6.07, 6.45) is 2.23. The third kappa shape index (κ3) is 4.54. The van der Waals surface area contributed by atoms with Gasteiger partial charge in [-0.2, -0.15) is 0 Å². The molecule has 1 aliphatic rings. The Morgan fingerprint density at radius 3 is 1.98 bits per heavy atom. The van der Waals surface area contributed by atoms with Crippen molar-refractivity contribution in [3.8, 4) is 16.1 Å². The fourth-order valence-corrected chi connectivity index (χ4v) is 7.85. The number of thiophene rings is 1. The summed E-state index contributed by atoms with van der Waals surface area (Å²) in [6, 6.07) is 56.0. The molecule has 1 N–H and O–H groups in total. The first-order chi connectivity index (χ1) is 22.8. The molecule has 0 saturated carbocycles. The van der Waals surface area contributed by atoms with Gasteiger partial charge in [-0.25, -0.2) is 0 Å². The van der Waals surface area contributed by atoms with E-state index in [1.165, 1.54) is 42.3 Å². The molecule has 0 aliphatic carbocycles. The van der Waals surface area contributed by atoms with Crippen molar-refractivity contribution in [3.63, 3.8) is 0 Å². The van der Waals surface area contributed by atoms with E-state index in [1.807, 2.05) is 17.4 Å². The molecule has 9 rings (SSSR count). The van der Waals surface area contributed by atoms with Crippen LogP contribution in [0.4, 0.5) is 0 Å². The van der Waals surface area contributed by atoms with Gasteiger partial charge in [0, 0.05) is 37.3 Å². The Labute approximate surface area is 271 Å². The smallest absolute Gasteiger partial charge is 0.133 e. The van der Waals surface area contributed by atoms with Crippen molar-refractivity contribution in [1.29, 1.82) is 0 Å². The van der Waals surface area contributed by atoms with Crippen LogP contribution in [0.1, 0.15) is 22.7 Å². The molecule has 46 heavy (non-hydrogen) atoms. The zero-order chi connectivity index (χ0) is 30.5. The maximum absolute atomic E-state index is 5.18. The number of rotatable bonds is 5. The molecule has 8 aromatic rings. The lowest BCUT2D eigenvalue weighted by atomic mass is 10.0. The molecule has 1 atom stereocenters. The second kappa shape index (κ2) is 11.0. The number of para-hydroxylation sites is 1. The molecule has 0 bridgehead atoms. The summed E-state index contributed by atoms with van der Waals surface area (Å²) in [5.41, 5.74) is 9.28. The van der Waals surface area contributed by atoms with Crippen molar-refractivity contribution in [2.75, 3.05) is 0 Å². The maximum Gasteiger partial charge on any atom is 0.133 e. The Hall–Kier alpha value is -5.71. The third-order valence-corrected chi connectivity index (χ3v) is 10.1. The molecule has 0 fully saturated rings. The minimum atomic E-state index is -0.110. The number of nitrogens with one attached hydrogen (secondary N) is 1. The lowest BCUT2D eigenvalue weighted by molar-refractivity contribution is 0.879. The van der Waals surface area contributed by atoms with Gasteiger partial charge in [0.15, 0.2) is 0 Å². The first-order valence-corrected chi connectivity index (χ1v) is 16.4. The van der Waals surface area contributed by atoms with E-state index in [0.717, 1.165) is 33.9 Å². The van der Waals surface area contributed by atoms with Gasteiger partial charge in [0.05, 0.1) is 17.1 Å². The van der Waals surface area contributed by atoms with Crippen molar-refractivity contribution in [2.45, 2.75) is 6.04 Å². The number of benzene rings is 6. The van der Waals surface area contributed by atoms with Gasteiger partial charge >= 0.3 is 0 Å². The first-order valence-electron chi connectivity index (χ1n) is 15.6. The van der Waals surface area contributed by atoms with E-state index in [4.69, 9.17) is 4.99 Å². The maximum atomic E-state index is 5.18. The summed E-state index contributed by atoms with van der Waals surface area (Å²) >= 11 is 1.88. The van der Waals surface area contributed by atoms with E-state index in [-0.39, 0.29) is 6.04 Å². The van der Waals surface area contributed by atoms with Gasteiger partial charge < -0.3 is 9.88 Å². The van der Waals surface area contributed by atoms with Gasteiger partial charge in [-0.05, 0) is 58.5 Å². The molecule has 0 saturated heterocycles. The highest BCUT2D eigenvalue weighted by molar-refractivity contribution is 7.23. The molecule has 218 valence electrons. The van der Waals surface area contributed by atoms with Crippen LogP contribution in [-0.2, 0) is 0 Å². The molecule has 3 nitrogen and oxygen atoms in total. The van der Waals surface area contributed by atoms with Crippen molar-refractivity contribution >= 4 is 54.8 Å². The highest BCUT2D eigenvalue weighted by atomic mass is 32.1. The Morgan fingerprint density at radius 2 is 1.24 bits per heavy atom. The number of aliphatic imine (C=N–C) groups is 1. The average Bonchev–Trinajstić information content (AvgIpc) is 3.72. The van der Waals surface area contributed by atoms with Crippen LogP contribution in [0.5, 0.6) is 0 Å². The fourth-order valence-electron chi connectivity index (χ4n) is 6.63. The van der Waals surface area contributed by atoms with E-state index >= 15 is 0 Å². The summed E-state index contributed by atoms with van der Waals surface area (Å²) in [5.74, 6) is 0.883. The minimum Gasteiger partial charge on any atom is -0.340 e. The standard InChI is InChI=1S/C42H29N3S/c1-4-12-28(13-5-1)35-27-36(44-42(43-35)31-16-8-3-9-17-31)29-20-23-33(24-21-29)45-37-19-11-10-18-34(37)40-38(45)25-22-32-26-39(46-41(32)40)30-14-6-2-7-15-30/h1-27,36H,(H,43,44). The van der Waals surface area contributed by atoms with Crippen molar-refractivity contribution in [2.24, 2.45) is 4.99 Å². The molecule has 3 heterocycles. The molecule has 6 aromatic carbocycles. The van der Waals surface area contributed by atoms with Gasteiger partial charge in [-0.3, -0.25) is 4.99 Å². The van der Waals surface area contributed by atoms with Crippen LogP contribution in [-0.4, -0.2) is 10.4 Å². The SMILES string of the molecule is C1=C(c2ccccc2)NC(c2ccccc2)=NC1c1ccc(-n2c3ccccc3c3c4sc(-c5ccccc5)cc4ccc32)cc1. The Morgan fingerprint density at radius 1 is 0.587 bits per heavy atom. The molecular formula is C42H29N3S. The van der Waals surface area contributed by atoms with E-state index < -0.39 is 0 Å². The van der Waals surface area contributed by atoms with Crippen LogP contribution >= 0.6 is 11.3 Å². The predicted molar refractivity (Wildman–Crippen MR) is 195 cm³/mol. The van der Waals surface area contributed by atoms with Crippen LogP contribution in [0, 0.1) is 0 Å². The highest BCUT2D eigenvalue weighted by Crippen LogP contribution is 2.42. The van der Waals surface area contributed by atoms with Gasteiger partial charge in [-0.1, -0.05) is 127 Å². The van der Waals surface area contributed by atoms with E-state index in [0.29, 0.717) is 0 Å². The van der Waals surface area contributed by atoms with Gasteiger partial charge in [0.1, 0.15) is 5.84 Å². The average molecular weight is 608 g/mol. The van der Waals surface area contributed by atoms with Crippen LogP contribution in [0.3, 0.4) is 0 Å². The summed E-state index contributed by atoms with van der Waals surface area (Å²) in [7, 11) is 0. The summed E-state index contributed by atoms with van der Waals surface area (Å²) in [6.45, 7) is 0. The molecule has 0 radical (unpaired) electrons. The number of nitrogens with zero attached hydrogens (tertiary/aromatic N) is 2. The monoisotopic (exact) mass is 607 g/mol. The predicted octanol–water partition coefficient (Wildman–Crippen LogP) is 10.8. The molecule has 1 unspecified atom stereocenters. The topological polar surface area (TPSA) is 29.3 Å². The third-order valence-electron chi connectivity index (χ3n) is 8.85. The molecular weight excluding hydrogens is 579 g/mol. The number of fused-ring (bicyclic) bond motifs is 5. The highest BCUT2D eigenvalue weighted by Gasteiger charge is 2.21. The Bertz CT molecular complexity index is 2360. The summed E-state index contributed by atoms with van der Waals surface area (Å²) in [5, 5.41) is 7.47. The van der Waals surface area contributed by atoms with Crippen molar-refractivity contribution < 1.29 is 0 Å². The fraction of sp³-hybridized carbons (Fsp3) is 0.0238. The number of hydrogen-bond acceptors (Lipinski definition) is 3. The zero-order valence-electron chi connectivity index (χ0n) is 25.0. The quantitative estimate of drug-likeness (QED) is 0.207. The second-order valence-electron chi connectivity index (χ2n) is 11.7. The van der Waals surface area contributed by atoms with Gasteiger partial charge in [0.25, 0.3) is 0 Å². The van der Waals surface area contributed by atoms with Crippen LogP contribution < -0.4 is 5.32 Å². The van der Waals surface area contributed by atoms with E-state index in [1.54, 1.807) is 0 Å². The Balaban J connectivity index is 1.16. The van der Waals surface area contributed by atoms with E-state index in [9.17, 15) is 0 Å². The Kier molecular flexibility index (Phi) is 6.39. The normalized spacial score (nSPS) is 14.7. The van der Waals surface area contributed by atoms with Gasteiger partial charge in [0.2, 0.25) is 0 Å². The lowest BCUT2D eigenvalue weighted by Gasteiger charge is -2.23. The second-order valence-corrected chi connectivity index (χ2v) is 12.7. The number of hydrogen-bond donors (Lipinski definition) is 1. The summed E-state index contributed by atoms with van der Waals surface area (Å²) < 4.78 is 3.74. The molecule has 2 aromatic heterocycles. The molecule has 0 spiro atoms. The van der Waals surface area contributed by atoms with Crippen LogP contribution in [0.2, 0.25) is 0 Å². The van der Waals surface area contributed by atoms with Crippen molar-refractivity contribution in [1.82, 2.24) is 9.88 Å². The van der Waals surface area contributed by atoms with Crippen molar-refractivity contribution in [3.05, 3.63) is 180 Å². The number of aromatic nitrogens is 1. The minimum absolute atomic E-state index is 0.110. The molecule has 1 aliphatic heterocycles. The zero-order valence-corrected chi connectivity index (χ0v) is 25.8. The lowest BCUT2D eigenvalue weighted by Crippen LogP contribution is -2.27.